The quantitative estimate of drug-likeness (QED) is 0.760. The second kappa shape index (κ2) is 4.44. The predicted octanol–water partition coefficient (Wildman–Crippen LogP) is 3.43. The standard InChI is InChI=1S/C12H25NS/c1-5-11(6-2)7-12(8-11,9-13)14-10(3)4/h10H,5-9,13H2,1-4H3. The van der Waals surface area contributed by atoms with E-state index in [4.69, 9.17) is 5.73 Å². The monoisotopic (exact) mass is 215 g/mol. The molecule has 0 bridgehead atoms. The molecule has 0 spiro atoms. The molecule has 1 aliphatic carbocycles. The van der Waals surface area contributed by atoms with Crippen LogP contribution in [0.4, 0.5) is 0 Å². The summed E-state index contributed by atoms with van der Waals surface area (Å²) < 4.78 is 0.417. The van der Waals surface area contributed by atoms with Gasteiger partial charge in [0.1, 0.15) is 0 Å². The summed E-state index contributed by atoms with van der Waals surface area (Å²) in [6.07, 6.45) is 5.33. The summed E-state index contributed by atoms with van der Waals surface area (Å²) in [6.45, 7) is 10.1. The fourth-order valence-corrected chi connectivity index (χ4v) is 4.72. The molecule has 0 saturated heterocycles. The highest BCUT2D eigenvalue weighted by Gasteiger charge is 2.52. The smallest absolute Gasteiger partial charge is 0.0295 e. The van der Waals surface area contributed by atoms with Crippen LogP contribution in [0.5, 0.6) is 0 Å². The fraction of sp³-hybridized carbons (Fsp3) is 1.00. The van der Waals surface area contributed by atoms with Crippen LogP contribution in [0.2, 0.25) is 0 Å². The third kappa shape index (κ3) is 2.27. The lowest BCUT2D eigenvalue weighted by molar-refractivity contribution is 0.0747. The first-order valence-corrected chi connectivity index (χ1v) is 6.77. The summed E-state index contributed by atoms with van der Waals surface area (Å²) in [5.74, 6) is 0. The zero-order valence-corrected chi connectivity index (χ0v) is 10.9. The van der Waals surface area contributed by atoms with Crippen molar-refractivity contribution in [1.29, 1.82) is 0 Å². The molecule has 0 amide bonds. The SMILES string of the molecule is CCC1(CC)CC(CN)(SC(C)C)C1. The van der Waals surface area contributed by atoms with Gasteiger partial charge in [0.2, 0.25) is 0 Å². The van der Waals surface area contributed by atoms with Crippen molar-refractivity contribution in [3.63, 3.8) is 0 Å². The van der Waals surface area contributed by atoms with Crippen LogP contribution in [0.1, 0.15) is 53.4 Å². The highest BCUT2D eigenvalue weighted by atomic mass is 32.2. The Hall–Kier alpha value is 0.310. The van der Waals surface area contributed by atoms with Crippen molar-refractivity contribution in [2.75, 3.05) is 6.54 Å². The maximum Gasteiger partial charge on any atom is 0.0295 e. The zero-order valence-electron chi connectivity index (χ0n) is 10.1. The Morgan fingerprint density at radius 2 is 1.71 bits per heavy atom. The summed E-state index contributed by atoms with van der Waals surface area (Å²) in [4.78, 5) is 0. The van der Waals surface area contributed by atoms with E-state index >= 15 is 0 Å². The lowest BCUT2D eigenvalue weighted by Gasteiger charge is -2.56. The Morgan fingerprint density at radius 1 is 1.21 bits per heavy atom. The molecule has 0 atom stereocenters. The first-order chi connectivity index (χ1) is 6.51. The van der Waals surface area contributed by atoms with Crippen molar-refractivity contribution < 1.29 is 0 Å². The molecule has 0 aromatic carbocycles. The van der Waals surface area contributed by atoms with Crippen molar-refractivity contribution in [3.05, 3.63) is 0 Å². The van der Waals surface area contributed by atoms with Gasteiger partial charge in [0.15, 0.2) is 0 Å². The van der Waals surface area contributed by atoms with Crippen LogP contribution >= 0.6 is 11.8 Å². The van der Waals surface area contributed by atoms with E-state index in [-0.39, 0.29) is 0 Å². The molecule has 14 heavy (non-hydrogen) atoms. The molecule has 0 unspecified atom stereocenters. The number of hydrogen-bond donors (Lipinski definition) is 1. The van der Waals surface area contributed by atoms with Gasteiger partial charge in [0.25, 0.3) is 0 Å². The maximum atomic E-state index is 5.93. The Morgan fingerprint density at radius 3 is 2.00 bits per heavy atom. The third-order valence-corrected chi connectivity index (χ3v) is 5.18. The largest absolute Gasteiger partial charge is 0.329 e. The number of nitrogens with two attached hydrogens (primary N) is 1. The van der Waals surface area contributed by atoms with E-state index < -0.39 is 0 Å². The van der Waals surface area contributed by atoms with E-state index in [0.29, 0.717) is 15.4 Å². The minimum atomic E-state index is 0.417. The van der Waals surface area contributed by atoms with E-state index in [9.17, 15) is 0 Å². The molecular weight excluding hydrogens is 190 g/mol. The van der Waals surface area contributed by atoms with Gasteiger partial charge in [-0.1, -0.05) is 40.5 Å². The lowest BCUT2D eigenvalue weighted by atomic mass is 9.58. The van der Waals surface area contributed by atoms with Gasteiger partial charge in [-0.2, -0.15) is 11.8 Å². The number of rotatable bonds is 5. The van der Waals surface area contributed by atoms with Crippen molar-refractivity contribution >= 4 is 11.8 Å². The van der Waals surface area contributed by atoms with Crippen molar-refractivity contribution in [3.8, 4) is 0 Å². The van der Waals surface area contributed by atoms with Crippen LogP contribution in [-0.2, 0) is 0 Å². The lowest BCUT2D eigenvalue weighted by Crippen LogP contribution is -2.54. The average Bonchev–Trinajstić information content (AvgIpc) is 2.10. The van der Waals surface area contributed by atoms with E-state index in [1.807, 2.05) is 0 Å². The van der Waals surface area contributed by atoms with Crippen molar-refractivity contribution in [2.24, 2.45) is 11.1 Å². The van der Waals surface area contributed by atoms with Crippen LogP contribution in [0.25, 0.3) is 0 Å². The first-order valence-electron chi connectivity index (χ1n) is 5.89. The molecule has 2 heteroatoms. The van der Waals surface area contributed by atoms with Crippen LogP contribution in [0.3, 0.4) is 0 Å². The minimum absolute atomic E-state index is 0.417. The summed E-state index contributed by atoms with van der Waals surface area (Å²) in [5.41, 5.74) is 6.55. The highest BCUT2D eigenvalue weighted by Crippen LogP contribution is 2.59. The van der Waals surface area contributed by atoms with Gasteiger partial charge in [-0.25, -0.2) is 0 Å². The van der Waals surface area contributed by atoms with Crippen LogP contribution in [0, 0.1) is 5.41 Å². The van der Waals surface area contributed by atoms with Gasteiger partial charge in [-0.15, -0.1) is 0 Å². The molecule has 0 heterocycles. The Balaban J connectivity index is 2.55. The summed E-state index contributed by atoms with van der Waals surface area (Å²) in [6, 6.07) is 0. The van der Waals surface area contributed by atoms with Gasteiger partial charge in [-0.3, -0.25) is 0 Å². The summed E-state index contributed by atoms with van der Waals surface area (Å²) in [5, 5.41) is 0.713. The topological polar surface area (TPSA) is 26.0 Å². The van der Waals surface area contributed by atoms with E-state index in [2.05, 4.69) is 39.5 Å². The van der Waals surface area contributed by atoms with E-state index in [0.717, 1.165) is 6.54 Å². The van der Waals surface area contributed by atoms with Gasteiger partial charge in [0.05, 0.1) is 0 Å². The van der Waals surface area contributed by atoms with Crippen LogP contribution < -0.4 is 5.73 Å². The Kier molecular flexibility index (Phi) is 3.93. The van der Waals surface area contributed by atoms with Crippen LogP contribution in [0.15, 0.2) is 0 Å². The zero-order chi connectivity index (χ0) is 10.8. The molecule has 0 radical (unpaired) electrons. The molecule has 0 aromatic heterocycles. The predicted molar refractivity (Wildman–Crippen MR) is 66.8 cm³/mol. The molecule has 1 nitrogen and oxygen atoms in total. The Labute approximate surface area is 93.2 Å². The van der Waals surface area contributed by atoms with Crippen LogP contribution in [-0.4, -0.2) is 16.5 Å². The molecule has 1 fully saturated rings. The normalized spacial score (nSPS) is 23.6. The van der Waals surface area contributed by atoms with E-state index in [1.165, 1.54) is 25.7 Å². The Bertz CT molecular complexity index is 177. The van der Waals surface area contributed by atoms with E-state index in [1.54, 1.807) is 0 Å². The molecule has 0 aliphatic heterocycles. The average molecular weight is 215 g/mol. The van der Waals surface area contributed by atoms with Crippen molar-refractivity contribution in [1.82, 2.24) is 0 Å². The van der Waals surface area contributed by atoms with Gasteiger partial charge >= 0.3 is 0 Å². The number of hydrogen-bond acceptors (Lipinski definition) is 2. The first kappa shape index (κ1) is 12.4. The van der Waals surface area contributed by atoms with Gasteiger partial charge < -0.3 is 5.73 Å². The minimum Gasteiger partial charge on any atom is -0.329 e. The molecule has 1 rings (SSSR count). The molecule has 1 saturated carbocycles. The fourth-order valence-electron chi connectivity index (χ4n) is 2.84. The molecule has 2 N–H and O–H groups in total. The third-order valence-electron chi connectivity index (χ3n) is 3.75. The molecule has 0 aromatic rings. The molecular formula is C12H25NS. The molecule has 84 valence electrons. The molecule has 1 aliphatic rings. The number of thioether (sulfide) groups is 1. The second-order valence-corrected chi connectivity index (χ2v) is 7.16. The van der Waals surface area contributed by atoms with Gasteiger partial charge in [0, 0.05) is 11.3 Å². The summed E-state index contributed by atoms with van der Waals surface area (Å²) >= 11 is 2.10. The maximum absolute atomic E-state index is 5.93. The highest BCUT2D eigenvalue weighted by molar-refractivity contribution is 8.01. The second-order valence-electron chi connectivity index (χ2n) is 5.11. The van der Waals surface area contributed by atoms with Crippen molar-refractivity contribution in [2.45, 2.75) is 63.4 Å². The van der Waals surface area contributed by atoms with Gasteiger partial charge in [-0.05, 0) is 23.5 Å². The summed E-state index contributed by atoms with van der Waals surface area (Å²) in [7, 11) is 0.